The average molecular weight is 285 g/mol. The second-order valence-corrected chi connectivity index (χ2v) is 4.82. The molecule has 1 aromatic heterocycles. The van der Waals surface area contributed by atoms with Gasteiger partial charge in [-0.3, -0.25) is 9.47 Å². The van der Waals surface area contributed by atoms with Crippen molar-refractivity contribution in [2.75, 3.05) is 14.1 Å². The minimum Gasteiger partial charge on any atom is -0.408 e. The Bertz CT molecular complexity index is 571. The second-order valence-electron chi connectivity index (χ2n) is 3.95. The predicted molar refractivity (Wildman–Crippen MR) is 66.8 cm³/mol. The number of aryl methyl sites for hydroxylation is 1. The molecule has 5 heteroatoms. The van der Waals surface area contributed by atoms with Gasteiger partial charge in [-0.2, -0.15) is 0 Å². The summed E-state index contributed by atoms with van der Waals surface area (Å²) in [4.78, 5) is 13.5. The van der Waals surface area contributed by atoms with E-state index in [2.05, 4.69) is 15.9 Å². The molecule has 2 rings (SSSR count). The summed E-state index contributed by atoms with van der Waals surface area (Å²) in [7, 11) is 5.65. The Morgan fingerprint density at radius 3 is 2.75 bits per heavy atom. The molecule has 86 valence electrons. The number of alkyl halides is 1. The third-order valence-electron chi connectivity index (χ3n) is 2.54. The topological polar surface area (TPSA) is 38.4 Å². The molecular weight excluding hydrogens is 272 g/mol. The van der Waals surface area contributed by atoms with Gasteiger partial charge < -0.3 is 4.42 Å². The van der Waals surface area contributed by atoms with Crippen molar-refractivity contribution >= 4 is 27.0 Å². The summed E-state index contributed by atoms with van der Waals surface area (Å²) in [6, 6.07) is 5.76. The Balaban J connectivity index is 2.57. The van der Waals surface area contributed by atoms with Gasteiger partial charge in [0.05, 0.1) is 10.5 Å². The van der Waals surface area contributed by atoms with Crippen molar-refractivity contribution in [1.82, 2.24) is 9.47 Å². The summed E-state index contributed by atoms with van der Waals surface area (Å²) in [6.07, 6.45) is 0. The standard InChI is InChI=1S/C11H13BrN2O2/c1-13(2)10(12)7-4-5-8-9(6-7)16-11(15)14(8)3/h4-6,10H,1-3H3. The summed E-state index contributed by atoms with van der Waals surface area (Å²) < 4.78 is 6.64. The highest BCUT2D eigenvalue weighted by Crippen LogP contribution is 2.27. The highest BCUT2D eigenvalue weighted by atomic mass is 79.9. The van der Waals surface area contributed by atoms with E-state index < -0.39 is 0 Å². The molecule has 1 aromatic carbocycles. The van der Waals surface area contributed by atoms with E-state index in [1.165, 1.54) is 4.57 Å². The maximum atomic E-state index is 11.3. The van der Waals surface area contributed by atoms with Crippen LogP contribution in [0.3, 0.4) is 0 Å². The normalized spacial score (nSPS) is 13.6. The van der Waals surface area contributed by atoms with Gasteiger partial charge in [-0.1, -0.05) is 22.0 Å². The number of oxazole rings is 1. The molecule has 16 heavy (non-hydrogen) atoms. The number of fused-ring (bicyclic) bond motifs is 1. The van der Waals surface area contributed by atoms with E-state index in [4.69, 9.17) is 4.42 Å². The van der Waals surface area contributed by atoms with Crippen LogP contribution in [-0.4, -0.2) is 23.6 Å². The summed E-state index contributed by atoms with van der Waals surface area (Å²) in [6.45, 7) is 0. The molecule has 0 radical (unpaired) electrons. The van der Waals surface area contributed by atoms with E-state index in [0.29, 0.717) is 5.58 Å². The van der Waals surface area contributed by atoms with Gasteiger partial charge in [-0.15, -0.1) is 0 Å². The Kier molecular flexibility index (Phi) is 2.90. The van der Waals surface area contributed by atoms with Crippen LogP contribution in [0.2, 0.25) is 0 Å². The van der Waals surface area contributed by atoms with Gasteiger partial charge in [0.15, 0.2) is 5.58 Å². The zero-order chi connectivity index (χ0) is 11.9. The van der Waals surface area contributed by atoms with Crippen molar-refractivity contribution in [2.45, 2.75) is 4.95 Å². The third-order valence-corrected chi connectivity index (χ3v) is 3.89. The minimum absolute atomic E-state index is 0.113. The van der Waals surface area contributed by atoms with Gasteiger partial charge in [0.2, 0.25) is 0 Å². The summed E-state index contributed by atoms with van der Waals surface area (Å²) in [5.74, 6) is -0.330. The third kappa shape index (κ3) is 1.81. The highest BCUT2D eigenvalue weighted by molar-refractivity contribution is 9.09. The number of benzene rings is 1. The van der Waals surface area contributed by atoms with Crippen LogP contribution >= 0.6 is 15.9 Å². The first-order valence-electron chi connectivity index (χ1n) is 4.90. The Labute approximate surface area is 102 Å². The lowest BCUT2D eigenvalue weighted by molar-refractivity contribution is 0.398. The Morgan fingerprint density at radius 2 is 2.12 bits per heavy atom. The van der Waals surface area contributed by atoms with Crippen LogP contribution in [-0.2, 0) is 7.05 Å². The van der Waals surface area contributed by atoms with Crippen molar-refractivity contribution in [3.63, 3.8) is 0 Å². The number of nitrogens with zero attached hydrogens (tertiary/aromatic N) is 2. The number of hydrogen-bond acceptors (Lipinski definition) is 3. The van der Waals surface area contributed by atoms with E-state index in [-0.39, 0.29) is 10.7 Å². The molecule has 1 atom stereocenters. The molecule has 0 aliphatic rings. The number of halogens is 1. The number of hydrogen-bond donors (Lipinski definition) is 0. The van der Waals surface area contributed by atoms with Gasteiger partial charge in [-0.05, 0) is 31.8 Å². The lowest BCUT2D eigenvalue weighted by atomic mass is 10.2. The van der Waals surface area contributed by atoms with Gasteiger partial charge in [-0.25, -0.2) is 4.79 Å². The fraction of sp³-hybridized carbons (Fsp3) is 0.364. The summed E-state index contributed by atoms with van der Waals surface area (Å²) >= 11 is 3.56. The lowest BCUT2D eigenvalue weighted by Gasteiger charge is -2.17. The molecule has 0 bridgehead atoms. The van der Waals surface area contributed by atoms with Gasteiger partial charge in [0.1, 0.15) is 0 Å². The van der Waals surface area contributed by atoms with Crippen molar-refractivity contribution < 1.29 is 4.42 Å². The first kappa shape index (κ1) is 11.4. The minimum atomic E-state index is -0.330. The Hall–Kier alpha value is -1.07. The van der Waals surface area contributed by atoms with Crippen molar-refractivity contribution in [1.29, 1.82) is 0 Å². The summed E-state index contributed by atoms with van der Waals surface area (Å²) in [5.41, 5.74) is 2.50. The quantitative estimate of drug-likeness (QED) is 0.626. The van der Waals surface area contributed by atoms with Gasteiger partial charge in [0, 0.05) is 7.05 Å². The van der Waals surface area contributed by atoms with E-state index in [0.717, 1.165) is 11.1 Å². The maximum absolute atomic E-state index is 11.3. The molecule has 1 unspecified atom stereocenters. The molecule has 0 N–H and O–H groups in total. The first-order valence-corrected chi connectivity index (χ1v) is 5.82. The second kappa shape index (κ2) is 4.07. The van der Waals surface area contributed by atoms with Crippen LogP contribution in [0, 0.1) is 0 Å². The predicted octanol–water partition coefficient (Wildman–Crippen LogP) is 2.09. The largest absolute Gasteiger partial charge is 0.419 e. The van der Waals surface area contributed by atoms with Crippen LogP contribution < -0.4 is 5.76 Å². The molecule has 0 spiro atoms. The highest BCUT2D eigenvalue weighted by Gasteiger charge is 2.12. The molecule has 0 aliphatic heterocycles. The van der Waals surface area contributed by atoms with E-state index in [1.54, 1.807) is 7.05 Å². The van der Waals surface area contributed by atoms with Crippen LogP contribution in [0.15, 0.2) is 27.4 Å². The smallest absolute Gasteiger partial charge is 0.408 e. The van der Waals surface area contributed by atoms with Crippen molar-refractivity contribution in [2.24, 2.45) is 7.05 Å². The molecule has 4 nitrogen and oxygen atoms in total. The summed E-state index contributed by atoms with van der Waals surface area (Å²) in [5, 5.41) is 0. The van der Waals surface area contributed by atoms with Crippen LogP contribution in [0.4, 0.5) is 0 Å². The van der Waals surface area contributed by atoms with Crippen molar-refractivity contribution in [3.8, 4) is 0 Å². The zero-order valence-electron chi connectivity index (χ0n) is 9.40. The molecule has 0 saturated carbocycles. The lowest BCUT2D eigenvalue weighted by Crippen LogP contribution is -2.14. The molecule has 1 heterocycles. The zero-order valence-corrected chi connectivity index (χ0v) is 11.0. The maximum Gasteiger partial charge on any atom is 0.419 e. The molecule has 2 aromatic rings. The fourth-order valence-corrected chi connectivity index (χ4v) is 1.88. The fourth-order valence-electron chi connectivity index (χ4n) is 1.60. The van der Waals surface area contributed by atoms with E-state index >= 15 is 0 Å². The molecule has 0 aliphatic carbocycles. The SMILES string of the molecule is CN(C)C(Br)c1ccc2c(c1)oc(=O)n2C. The van der Waals surface area contributed by atoms with Crippen LogP contribution in [0.25, 0.3) is 11.1 Å². The monoisotopic (exact) mass is 284 g/mol. The van der Waals surface area contributed by atoms with Crippen LogP contribution in [0.5, 0.6) is 0 Å². The van der Waals surface area contributed by atoms with Gasteiger partial charge >= 0.3 is 5.76 Å². The number of aromatic nitrogens is 1. The number of rotatable bonds is 2. The van der Waals surface area contributed by atoms with Crippen molar-refractivity contribution in [3.05, 3.63) is 34.3 Å². The van der Waals surface area contributed by atoms with E-state index in [1.807, 2.05) is 37.2 Å². The Morgan fingerprint density at radius 1 is 1.44 bits per heavy atom. The molecule has 0 saturated heterocycles. The van der Waals surface area contributed by atoms with Gasteiger partial charge in [0.25, 0.3) is 0 Å². The molecular formula is C11H13BrN2O2. The average Bonchev–Trinajstić information content (AvgIpc) is 2.53. The van der Waals surface area contributed by atoms with E-state index in [9.17, 15) is 4.79 Å². The molecule has 0 fully saturated rings. The van der Waals surface area contributed by atoms with Crippen LogP contribution in [0.1, 0.15) is 10.5 Å². The molecule has 0 amide bonds. The first-order chi connectivity index (χ1) is 7.50.